The Balaban J connectivity index is 2.13. The van der Waals surface area contributed by atoms with E-state index >= 15 is 0 Å². The second kappa shape index (κ2) is 5.85. The highest BCUT2D eigenvalue weighted by atomic mass is 35.5. The zero-order chi connectivity index (χ0) is 14.7. The van der Waals surface area contributed by atoms with Gasteiger partial charge in [-0.25, -0.2) is 9.78 Å². The molecule has 0 aliphatic carbocycles. The molecule has 104 valence electrons. The third kappa shape index (κ3) is 3.03. The van der Waals surface area contributed by atoms with E-state index in [1.807, 2.05) is 0 Å². The monoisotopic (exact) mass is 313 g/mol. The van der Waals surface area contributed by atoms with Crippen LogP contribution >= 0.6 is 22.9 Å². The number of nitrogen functional groups attached to an aromatic ring is 1. The van der Waals surface area contributed by atoms with Gasteiger partial charge in [0.1, 0.15) is 11.6 Å². The summed E-state index contributed by atoms with van der Waals surface area (Å²) in [5.41, 5.74) is 5.53. The molecule has 0 radical (unpaired) electrons. The first-order valence-corrected chi connectivity index (χ1v) is 6.54. The lowest BCUT2D eigenvalue weighted by molar-refractivity contribution is -0.384. The van der Waals surface area contributed by atoms with Gasteiger partial charge in [-0.15, -0.1) is 11.3 Å². The molecule has 0 bridgehead atoms. The highest BCUT2D eigenvalue weighted by Crippen LogP contribution is 2.28. The molecule has 9 heteroatoms. The van der Waals surface area contributed by atoms with Crippen LogP contribution in [0, 0.1) is 10.1 Å². The fourth-order valence-corrected chi connectivity index (χ4v) is 2.24. The predicted octanol–water partition coefficient (Wildman–Crippen LogP) is 2.64. The molecule has 0 spiro atoms. The van der Waals surface area contributed by atoms with Gasteiger partial charge in [-0.2, -0.15) is 0 Å². The van der Waals surface area contributed by atoms with Crippen molar-refractivity contribution in [3.8, 4) is 0 Å². The number of esters is 1. The largest absolute Gasteiger partial charge is 0.456 e. The fraction of sp³-hybridized carbons (Fsp3) is 0.0909. The molecule has 0 aliphatic rings. The normalized spacial score (nSPS) is 10.2. The van der Waals surface area contributed by atoms with Gasteiger partial charge in [-0.3, -0.25) is 10.1 Å². The molecule has 0 saturated carbocycles. The molecular formula is C11H8ClN3O4S. The second-order valence-electron chi connectivity index (χ2n) is 3.65. The van der Waals surface area contributed by atoms with E-state index in [4.69, 9.17) is 22.1 Å². The summed E-state index contributed by atoms with van der Waals surface area (Å²) in [6.07, 6.45) is 0. The number of aromatic nitrogens is 1. The van der Waals surface area contributed by atoms with Gasteiger partial charge in [0.05, 0.1) is 16.2 Å². The van der Waals surface area contributed by atoms with Crippen molar-refractivity contribution in [1.82, 2.24) is 4.98 Å². The number of nitro groups is 1. The smallest absolute Gasteiger partial charge is 0.340 e. The lowest BCUT2D eigenvalue weighted by atomic mass is 10.2. The van der Waals surface area contributed by atoms with Crippen LogP contribution in [0.4, 0.5) is 10.8 Å². The first-order valence-electron chi connectivity index (χ1n) is 5.29. The van der Waals surface area contributed by atoms with Crippen molar-refractivity contribution < 1.29 is 14.5 Å². The zero-order valence-corrected chi connectivity index (χ0v) is 11.5. The van der Waals surface area contributed by atoms with Gasteiger partial charge in [-0.05, 0) is 6.07 Å². The van der Waals surface area contributed by atoms with Crippen molar-refractivity contribution in [2.24, 2.45) is 0 Å². The number of halogens is 1. The number of hydrogen-bond donors (Lipinski definition) is 1. The minimum absolute atomic E-state index is 0.0657. The highest BCUT2D eigenvalue weighted by Gasteiger charge is 2.21. The first kappa shape index (κ1) is 14.2. The molecule has 0 fully saturated rings. The Kier molecular flexibility index (Phi) is 4.16. The van der Waals surface area contributed by atoms with E-state index in [9.17, 15) is 14.9 Å². The summed E-state index contributed by atoms with van der Waals surface area (Å²) in [7, 11) is 0. The maximum Gasteiger partial charge on any atom is 0.340 e. The zero-order valence-electron chi connectivity index (χ0n) is 9.91. The summed E-state index contributed by atoms with van der Waals surface area (Å²) in [5, 5.41) is 12.5. The maximum atomic E-state index is 11.8. The molecule has 20 heavy (non-hydrogen) atoms. The number of ether oxygens (including phenoxy) is 1. The summed E-state index contributed by atoms with van der Waals surface area (Å²) >= 11 is 7.03. The van der Waals surface area contributed by atoms with Gasteiger partial charge in [0.15, 0.2) is 5.13 Å². The quantitative estimate of drug-likeness (QED) is 0.528. The first-order chi connectivity index (χ1) is 9.49. The SMILES string of the molecule is Nc1nc(COC(=O)c2cccc([N+](=O)[O-])c2Cl)cs1. The van der Waals surface area contributed by atoms with Crippen LogP contribution in [0.15, 0.2) is 23.6 Å². The minimum atomic E-state index is -0.759. The van der Waals surface area contributed by atoms with Crippen LogP contribution in [0.1, 0.15) is 16.1 Å². The minimum Gasteiger partial charge on any atom is -0.456 e. The van der Waals surface area contributed by atoms with Crippen LogP contribution in [0.5, 0.6) is 0 Å². The number of carbonyl (C=O) groups excluding carboxylic acids is 1. The van der Waals surface area contributed by atoms with Gasteiger partial charge in [0.2, 0.25) is 0 Å². The molecular weight excluding hydrogens is 306 g/mol. The molecule has 0 aliphatic heterocycles. The number of rotatable bonds is 4. The number of benzene rings is 1. The van der Waals surface area contributed by atoms with Crippen LogP contribution in [-0.2, 0) is 11.3 Å². The van der Waals surface area contributed by atoms with Crippen molar-refractivity contribution in [1.29, 1.82) is 0 Å². The predicted molar refractivity (Wildman–Crippen MR) is 73.8 cm³/mol. The molecule has 2 aromatic rings. The van der Waals surface area contributed by atoms with E-state index in [1.54, 1.807) is 5.38 Å². The topological polar surface area (TPSA) is 108 Å². The lowest BCUT2D eigenvalue weighted by Crippen LogP contribution is -2.07. The average molecular weight is 314 g/mol. The van der Waals surface area contributed by atoms with Crippen LogP contribution in [-0.4, -0.2) is 15.9 Å². The Morgan fingerprint density at radius 1 is 1.55 bits per heavy atom. The molecule has 0 saturated heterocycles. The molecule has 1 heterocycles. The number of nitrogens with zero attached hydrogens (tertiary/aromatic N) is 2. The van der Waals surface area contributed by atoms with Gasteiger partial charge in [0, 0.05) is 11.4 Å². The van der Waals surface area contributed by atoms with E-state index in [-0.39, 0.29) is 22.9 Å². The van der Waals surface area contributed by atoms with E-state index in [0.717, 1.165) is 0 Å². The Hall–Kier alpha value is -2.19. The van der Waals surface area contributed by atoms with Crippen molar-refractivity contribution >= 4 is 39.7 Å². The van der Waals surface area contributed by atoms with Crippen molar-refractivity contribution in [3.63, 3.8) is 0 Å². The van der Waals surface area contributed by atoms with Crippen LogP contribution < -0.4 is 5.73 Å². The molecule has 2 N–H and O–H groups in total. The van der Waals surface area contributed by atoms with Crippen molar-refractivity contribution in [2.45, 2.75) is 6.61 Å². The fourth-order valence-electron chi connectivity index (χ4n) is 1.42. The number of anilines is 1. The maximum absolute atomic E-state index is 11.8. The van der Waals surface area contributed by atoms with Gasteiger partial charge in [0.25, 0.3) is 5.69 Å². The Bertz CT molecular complexity index is 673. The number of nitrogens with two attached hydrogens (primary N) is 1. The third-order valence-electron chi connectivity index (χ3n) is 2.32. The standard InChI is InChI=1S/C11H8ClN3O4S/c12-9-7(2-1-3-8(9)15(17)18)10(16)19-4-6-5-20-11(13)14-6/h1-3,5H,4H2,(H2,13,14). The van der Waals surface area contributed by atoms with Crippen molar-refractivity contribution in [3.05, 3.63) is 50.0 Å². The van der Waals surface area contributed by atoms with E-state index in [2.05, 4.69) is 4.98 Å². The molecule has 1 aromatic carbocycles. The molecule has 1 aromatic heterocycles. The Labute approximate surface area is 122 Å². The van der Waals surface area contributed by atoms with Gasteiger partial charge in [-0.1, -0.05) is 17.7 Å². The molecule has 0 amide bonds. The molecule has 0 atom stereocenters. The second-order valence-corrected chi connectivity index (χ2v) is 4.92. The molecule has 0 unspecified atom stereocenters. The summed E-state index contributed by atoms with van der Waals surface area (Å²) in [5.74, 6) is -0.759. The van der Waals surface area contributed by atoms with Gasteiger partial charge < -0.3 is 10.5 Å². The number of hydrogen-bond acceptors (Lipinski definition) is 7. The highest BCUT2D eigenvalue weighted by molar-refractivity contribution is 7.13. The average Bonchev–Trinajstić information content (AvgIpc) is 2.81. The summed E-state index contributed by atoms with van der Waals surface area (Å²) < 4.78 is 4.99. The summed E-state index contributed by atoms with van der Waals surface area (Å²) in [6, 6.07) is 3.93. The number of carbonyl (C=O) groups is 1. The summed E-state index contributed by atoms with van der Waals surface area (Å²) in [4.78, 5) is 25.8. The van der Waals surface area contributed by atoms with Gasteiger partial charge >= 0.3 is 5.97 Å². The van der Waals surface area contributed by atoms with E-state index < -0.39 is 10.9 Å². The van der Waals surface area contributed by atoms with E-state index in [0.29, 0.717) is 10.8 Å². The third-order valence-corrected chi connectivity index (χ3v) is 3.44. The number of nitro benzene ring substituents is 1. The Morgan fingerprint density at radius 3 is 2.90 bits per heavy atom. The Morgan fingerprint density at radius 2 is 2.30 bits per heavy atom. The van der Waals surface area contributed by atoms with Crippen LogP contribution in [0.3, 0.4) is 0 Å². The van der Waals surface area contributed by atoms with Crippen LogP contribution in [0.2, 0.25) is 5.02 Å². The van der Waals surface area contributed by atoms with Crippen molar-refractivity contribution in [2.75, 3.05) is 5.73 Å². The molecule has 2 rings (SSSR count). The number of thiazole rings is 1. The van der Waals surface area contributed by atoms with Crippen LogP contribution in [0.25, 0.3) is 0 Å². The lowest BCUT2D eigenvalue weighted by Gasteiger charge is -2.05. The summed E-state index contributed by atoms with van der Waals surface area (Å²) in [6.45, 7) is -0.0778. The van der Waals surface area contributed by atoms with E-state index in [1.165, 1.54) is 29.5 Å². The molecule has 7 nitrogen and oxygen atoms in total.